The quantitative estimate of drug-likeness (QED) is 0.623. The smallest absolute Gasteiger partial charge is 0.159 e. The number of imidazole rings is 1. The van der Waals surface area contributed by atoms with Gasteiger partial charge in [-0.2, -0.15) is 0 Å². The molecule has 3 aromatic rings. The first-order valence-electron chi connectivity index (χ1n) is 12.2. The summed E-state index contributed by atoms with van der Waals surface area (Å²) >= 11 is 0. The second-order valence-corrected chi connectivity index (χ2v) is 9.60. The predicted octanol–water partition coefficient (Wildman–Crippen LogP) is 4.02. The summed E-state index contributed by atoms with van der Waals surface area (Å²) < 4.78 is 2.15. The number of fused-ring (bicyclic) bond motifs is 1. The topological polar surface area (TPSA) is 40.4 Å². The number of likely N-dealkylation sites (tertiary alicyclic amines) is 1. The zero-order chi connectivity index (χ0) is 22.1. The van der Waals surface area contributed by atoms with E-state index in [2.05, 4.69) is 76.6 Å². The van der Waals surface area contributed by atoms with E-state index in [1.807, 2.05) is 6.07 Å². The molecule has 2 fully saturated rings. The third kappa shape index (κ3) is 4.26. The predicted molar refractivity (Wildman–Crippen MR) is 132 cm³/mol. The van der Waals surface area contributed by atoms with E-state index >= 15 is 0 Å². The summed E-state index contributed by atoms with van der Waals surface area (Å²) in [5.41, 5.74) is 3.11. The van der Waals surface area contributed by atoms with Crippen molar-refractivity contribution in [3.05, 3.63) is 42.5 Å². The standard InChI is InChI=1S/C26H36N6/c1-20(2)30-16-12-21(13-17-30)31-14-7-15-32(19-18-31)25-11-6-9-23(27-25)26-28-22-8-4-5-10-24(22)29(26)3/h4-6,8-11,20-21H,7,12-19H2,1-3H3. The molecular weight excluding hydrogens is 396 g/mol. The van der Waals surface area contributed by atoms with Gasteiger partial charge in [0, 0.05) is 45.3 Å². The molecule has 2 aliphatic heterocycles. The van der Waals surface area contributed by atoms with Crippen molar-refractivity contribution in [3.8, 4) is 11.5 Å². The van der Waals surface area contributed by atoms with E-state index in [1.165, 1.54) is 38.9 Å². The van der Waals surface area contributed by atoms with Crippen LogP contribution in [-0.2, 0) is 7.05 Å². The van der Waals surface area contributed by atoms with E-state index in [4.69, 9.17) is 9.97 Å². The molecule has 0 bridgehead atoms. The highest BCUT2D eigenvalue weighted by molar-refractivity contribution is 5.80. The summed E-state index contributed by atoms with van der Waals surface area (Å²) in [5.74, 6) is 2.01. The van der Waals surface area contributed by atoms with E-state index in [1.54, 1.807) is 0 Å². The Morgan fingerprint density at radius 1 is 0.844 bits per heavy atom. The van der Waals surface area contributed by atoms with Gasteiger partial charge in [-0.1, -0.05) is 18.2 Å². The van der Waals surface area contributed by atoms with Gasteiger partial charge in [0.25, 0.3) is 0 Å². The highest BCUT2D eigenvalue weighted by Gasteiger charge is 2.27. The van der Waals surface area contributed by atoms with Crippen molar-refractivity contribution in [2.75, 3.05) is 44.2 Å². The molecule has 2 aliphatic rings. The minimum atomic E-state index is 0.672. The normalized spacial score (nSPS) is 19.7. The fourth-order valence-electron chi connectivity index (χ4n) is 5.40. The Balaban J connectivity index is 1.28. The molecule has 0 saturated carbocycles. The molecule has 0 unspecified atom stereocenters. The molecular formula is C26H36N6. The second kappa shape index (κ2) is 9.20. The summed E-state index contributed by atoms with van der Waals surface area (Å²) in [7, 11) is 2.08. The van der Waals surface area contributed by atoms with Crippen LogP contribution in [0.25, 0.3) is 22.6 Å². The van der Waals surface area contributed by atoms with Gasteiger partial charge < -0.3 is 14.4 Å². The number of aryl methyl sites for hydroxylation is 1. The lowest BCUT2D eigenvalue weighted by atomic mass is 10.0. The number of rotatable bonds is 4. The average Bonchev–Trinajstić information content (AvgIpc) is 2.99. The number of pyridine rings is 1. The lowest BCUT2D eigenvalue weighted by Crippen LogP contribution is -2.47. The fraction of sp³-hybridized carbons (Fsp3) is 0.538. The van der Waals surface area contributed by atoms with E-state index < -0.39 is 0 Å². The van der Waals surface area contributed by atoms with Crippen molar-refractivity contribution < 1.29 is 0 Å². The van der Waals surface area contributed by atoms with Crippen molar-refractivity contribution in [2.24, 2.45) is 7.05 Å². The van der Waals surface area contributed by atoms with Crippen LogP contribution < -0.4 is 4.90 Å². The molecule has 5 rings (SSSR count). The Bertz CT molecular complexity index is 1050. The molecule has 0 amide bonds. The maximum Gasteiger partial charge on any atom is 0.159 e. The van der Waals surface area contributed by atoms with E-state index in [0.717, 1.165) is 54.0 Å². The number of benzene rings is 1. The Kier molecular flexibility index (Phi) is 6.15. The van der Waals surface area contributed by atoms with Crippen LogP contribution >= 0.6 is 0 Å². The first-order chi connectivity index (χ1) is 15.6. The SMILES string of the molecule is CC(C)N1CCC(N2CCCN(c3cccc(-c4nc5ccccc5n4C)n3)CC2)CC1. The highest BCUT2D eigenvalue weighted by atomic mass is 15.3. The van der Waals surface area contributed by atoms with Crippen molar-refractivity contribution in [1.29, 1.82) is 0 Å². The third-order valence-electron chi connectivity index (χ3n) is 7.35. The number of anilines is 1. The molecule has 0 aliphatic carbocycles. The fourth-order valence-corrected chi connectivity index (χ4v) is 5.40. The van der Waals surface area contributed by atoms with E-state index in [9.17, 15) is 0 Å². The lowest BCUT2D eigenvalue weighted by molar-refractivity contribution is 0.0965. The maximum absolute atomic E-state index is 5.05. The number of hydrogen-bond acceptors (Lipinski definition) is 5. The summed E-state index contributed by atoms with van der Waals surface area (Å²) in [4.78, 5) is 17.7. The van der Waals surface area contributed by atoms with Gasteiger partial charge in [-0.25, -0.2) is 9.97 Å². The van der Waals surface area contributed by atoms with Gasteiger partial charge in [0.15, 0.2) is 5.82 Å². The van der Waals surface area contributed by atoms with Gasteiger partial charge in [0.2, 0.25) is 0 Å². The molecule has 2 aromatic heterocycles. The number of nitrogens with zero attached hydrogens (tertiary/aromatic N) is 6. The van der Waals surface area contributed by atoms with Gasteiger partial charge in [-0.15, -0.1) is 0 Å². The average molecular weight is 433 g/mol. The lowest BCUT2D eigenvalue weighted by Gasteiger charge is -2.39. The van der Waals surface area contributed by atoms with Crippen molar-refractivity contribution in [1.82, 2.24) is 24.3 Å². The molecule has 0 spiro atoms. The molecule has 1 aromatic carbocycles. The summed E-state index contributed by atoms with van der Waals surface area (Å²) in [5, 5.41) is 0. The zero-order valence-electron chi connectivity index (χ0n) is 19.7. The Labute approximate surface area is 191 Å². The number of para-hydroxylation sites is 2. The minimum Gasteiger partial charge on any atom is -0.355 e. The molecule has 6 heteroatoms. The molecule has 2 saturated heterocycles. The van der Waals surface area contributed by atoms with Crippen LogP contribution in [0, 0.1) is 0 Å². The first-order valence-corrected chi connectivity index (χ1v) is 12.2. The monoisotopic (exact) mass is 432 g/mol. The van der Waals surface area contributed by atoms with Crippen molar-refractivity contribution >= 4 is 16.9 Å². The van der Waals surface area contributed by atoms with Gasteiger partial charge >= 0.3 is 0 Å². The van der Waals surface area contributed by atoms with Crippen LogP contribution in [0.4, 0.5) is 5.82 Å². The van der Waals surface area contributed by atoms with Crippen LogP contribution in [0.15, 0.2) is 42.5 Å². The highest BCUT2D eigenvalue weighted by Crippen LogP contribution is 2.25. The van der Waals surface area contributed by atoms with Crippen molar-refractivity contribution in [3.63, 3.8) is 0 Å². The van der Waals surface area contributed by atoms with Crippen LogP contribution in [-0.4, -0.2) is 75.7 Å². The number of hydrogen-bond donors (Lipinski definition) is 0. The van der Waals surface area contributed by atoms with E-state index in [-0.39, 0.29) is 0 Å². The Morgan fingerprint density at radius 2 is 1.66 bits per heavy atom. The summed E-state index contributed by atoms with van der Waals surface area (Å²) in [6.07, 6.45) is 3.81. The summed E-state index contributed by atoms with van der Waals surface area (Å²) in [6, 6.07) is 16.1. The van der Waals surface area contributed by atoms with E-state index in [0.29, 0.717) is 6.04 Å². The maximum atomic E-state index is 5.05. The molecule has 0 N–H and O–H groups in total. The minimum absolute atomic E-state index is 0.672. The third-order valence-corrected chi connectivity index (χ3v) is 7.35. The molecule has 32 heavy (non-hydrogen) atoms. The van der Waals surface area contributed by atoms with Crippen LogP contribution in [0.2, 0.25) is 0 Å². The van der Waals surface area contributed by atoms with Crippen molar-refractivity contribution in [2.45, 2.75) is 45.2 Å². The van der Waals surface area contributed by atoms with Crippen LogP contribution in [0.5, 0.6) is 0 Å². The molecule has 0 atom stereocenters. The van der Waals surface area contributed by atoms with Crippen LogP contribution in [0.1, 0.15) is 33.1 Å². The first kappa shape index (κ1) is 21.4. The Hall–Kier alpha value is -2.44. The summed E-state index contributed by atoms with van der Waals surface area (Å²) in [6.45, 7) is 11.6. The number of piperidine rings is 1. The van der Waals surface area contributed by atoms with Gasteiger partial charge in [0.1, 0.15) is 11.5 Å². The molecule has 6 nitrogen and oxygen atoms in total. The zero-order valence-corrected chi connectivity index (χ0v) is 19.7. The number of aromatic nitrogens is 3. The van der Waals surface area contributed by atoms with Gasteiger partial charge in [-0.05, 0) is 70.5 Å². The van der Waals surface area contributed by atoms with Gasteiger partial charge in [-0.3, -0.25) is 4.90 Å². The Morgan fingerprint density at radius 3 is 2.44 bits per heavy atom. The molecule has 170 valence electrons. The largest absolute Gasteiger partial charge is 0.355 e. The van der Waals surface area contributed by atoms with Gasteiger partial charge in [0.05, 0.1) is 11.0 Å². The molecule has 4 heterocycles. The molecule has 0 radical (unpaired) electrons. The second-order valence-electron chi connectivity index (χ2n) is 9.60. The van der Waals surface area contributed by atoms with Crippen LogP contribution in [0.3, 0.4) is 0 Å².